The van der Waals surface area contributed by atoms with Crippen LogP contribution in [0.5, 0.6) is 0 Å². The predicted octanol–water partition coefficient (Wildman–Crippen LogP) is 4.94. The smallest absolute Gasteiger partial charge is 0.288 e. The molecular formula is C14H21ClN2O2. The molecule has 0 atom stereocenters. The Kier molecular flexibility index (Phi) is 6.64. The Morgan fingerprint density at radius 3 is 2.58 bits per heavy atom. The highest BCUT2D eigenvalue weighted by atomic mass is 35.5. The number of halogens is 1. The van der Waals surface area contributed by atoms with Crippen LogP contribution in [0.3, 0.4) is 0 Å². The first-order valence-electron chi connectivity index (χ1n) is 6.74. The first-order chi connectivity index (χ1) is 9.06. The number of rotatable bonds is 8. The molecule has 1 rings (SSSR count). The highest BCUT2D eigenvalue weighted by Gasteiger charge is 2.14. The summed E-state index contributed by atoms with van der Waals surface area (Å²) in [7, 11) is 0. The quantitative estimate of drug-likeness (QED) is 0.418. The van der Waals surface area contributed by atoms with E-state index in [0.29, 0.717) is 0 Å². The standard InChI is InChI=1S/C14H21ClN2O2/c1-3-4-5-6-7-8-16-13-10-12(15)14(17(18)19)9-11(13)2/h9-10,16H,3-8H2,1-2H3. The zero-order valence-electron chi connectivity index (χ0n) is 11.5. The maximum Gasteiger partial charge on any atom is 0.288 e. The minimum atomic E-state index is -0.455. The fourth-order valence-corrected chi connectivity index (χ4v) is 2.18. The van der Waals surface area contributed by atoms with Crippen molar-refractivity contribution in [2.24, 2.45) is 0 Å². The molecule has 1 N–H and O–H groups in total. The number of aryl methyl sites for hydroxylation is 1. The number of nitrogens with zero attached hydrogens (tertiary/aromatic N) is 1. The van der Waals surface area contributed by atoms with E-state index in [1.54, 1.807) is 6.07 Å². The summed E-state index contributed by atoms with van der Waals surface area (Å²) in [5.74, 6) is 0. The van der Waals surface area contributed by atoms with E-state index in [1.165, 1.54) is 31.7 Å². The topological polar surface area (TPSA) is 55.2 Å². The van der Waals surface area contributed by atoms with E-state index in [0.717, 1.165) is 24.2 Å². The Morgan fingerprint density at radius 1 is 1.26 bits per heavy atom. The summed E-state index contributed by atoms with van der Waals surface area (Å²) < 4.78 is 0. The van der Waals surface area contributed by atoms with Crippen LogP contribution in [0.1, 0.15) is 44.6 Å². The molecule has 0 aliphatic rings. The Bertz CT molecular complexity index is 436. The third-order valence-electron chi connectivity index (χ3n) is 3.09. The minimum Gasteiger partial charge on any atom is -0.385 e. The van der Waals surface area contributed by atoms with Crippen LogP contribution >= 0.6 is 11.6 Å². The van der Waals surface area contributed by atoms with E-state index in [9.17, 15) is 10.1 Å². The van der Waals surface area contributed by atoms with Crippen molar-refractivity contribution < 1.29 is 4.92 Å². The van der Waals surface area contributed by atoms with Gasteiger partial charge in [-0.15, -0.1) is 0 Å². The second kappa shape index (κ2) is 8.00. The predicted molar refractivity (Wildman–Crippen MR) is 80.1 cm³/mol. The van der Waals surface area contributed by atoms with Gasteiger partial charge in [-0.3, -0.25) is 10.1 Å². The second-order valence-corrected chi connectivity index (χ2v) is 5.12. The number of unbranched alkanes of at least 4 members (excludes halogenated alkanes) is 4. The summed E-state index contributed by atoms with van der Waals surface area (Å²) in [6.07, 6.45) is 6.10. The first-order valence-corrected chi connectivity index (χ1v) is 7.12. The lowest BCUT2D eigenvalue weighted by atomic mass is 10.1. The van der Waals surface area contributed by atoms with Gasteiger partial charge in [0.25, 0.3) is 5.69 Å². The lowest BCUT2D eigenvalue weighted by Crippen LogP contribution is -2.03. The molecule has 1 aromatic carbocycles. The van der Waals surface area contributed by atoms with Gasteiger partial charge in [0, 0.05) is 18.3 Å². The molecule has 0 fully saturated rings. The molecule has 0 aliphatic heterocycles. The minimum absolute atomic E-state index is 0.0346. The van der Waals surface area contributed by atoms with Gasteiger partial charge in [0.15, 0.2) is 0 Å². The number of benzene rings is 1. The zero-order valence-corrected chi connectivity index (χ0v) is 12.3. The summed E-state index contributed by atoms with van der Waals surface area (Å²) in [6.45, 7) is 4.92. The molecule has 0 bridgehead atoms. The van der Waals surface area contributed by atoms with Crippen molar-refractivity contribution in [2.75, 3.05) is 11.9 Å². The molecule has 4 nitrogen and oxygen atoms in total. The van der Waals surface area contributed by atoms with Crippen LogP contribution in [0, 0.1) is 17.0 Å². The molecule has 0 unspecified atom stereocenters. The van der Waals surface area contributed by atoms with Crippen molar-refractivity contribution >= 4 is 23.0 Å². The molecule has 106 valence electrons. The highest BCUT2D eigenvalue weighted by Crippen LogP contribution is 2.30. The van der Waals surface area contributed by atoms with Gasteiger partial charge in [-0.05, 0) is 25.0 Å². The molecule has 0 heterocycles. The normalized spacial score (nSPS) is 10.5. The van der Waals surface area contributed by atoms with Gasteiger partial charge in [0.1, 0.15) is 5.02 Å². The molecule has 0 saturated heterocycles. The number of nitro benzene ring substituents is 1. The van der Waals surface area contributed by atoms with Crippen molar-refractivity contribution in [3.8, 4) is 0 Å². The van der Waals surface area contributed by atoms with Crippen LogP contribution in [0.2, 0.25) is 5.02 Å². The van der Waals surface area contributed by atoms with Gasteiger partial charge >= 0.3 is 0 Å². The van der Waals surface area contributed by atoms with Crippen LogP contribution in [-0.4, -0.2) is 11.5 Å². The largest absolute Gasteiger partial charge is 0.385 e. The van der Waals surface area contributed by atoms with Gasteiger partial charge in [0.2, 0.25) is 0 Å². The Labute approximate surface area is 119 Å². The Morgan fingerprint density at radius 2 is 1.95 bits per heavy atom. The van der Waals surface area contributed by atoms with Crippen LogP contribution in [0.4, 0.5) is 11.4 Å². The average molecular weight is 285 g/mol. The molecule has 0 aliphatic carbocycles. The molecule has 0 saturated carbocycles. The molecule has 0 radical (unpaired) electrons. The van der Waals surface area contributed by atoms with Crippen LogP contribution in [0.15, 0.2) is 12.1 Å². The van der Waals surface area contributed by atoms with E-state index >= 15 is 0 Å². The highest BCUT2D eigenvalue weighted by molar-refractivity contribution is 6.33. The Hall–Kier alpha value is -1.29. The van der Waals surface area contributed by atoms with Crippen LogP contribution in [-0.2, 0) is 0 Å². The number of nitro groups is 1. The third-order valence-corrected chi connectivity index (χ3v) is 3.39. The summed E-state index contributed by atoms with van der Waals surface area (Å²) in [6, 6.07) is 3.16. The van der Waals surface area contributed by atoms with E-state index in [1.807, 2.05) is 6.92 Å². The van der Waals surface area contributed by atoms with E-state index in [4.69, 9.17) is 11.6 Å². The van der Waals surface area contributed by atoms with Crippen molar-refractivity contribution in [3.05, 3.63) is 32.8 Å². The van der Waals surface area contributed by atoms with Crippen molar-refractivity contribution in [2.45, 2.75) is 46.0 Å². The van der Waals surface area contributed by atoms with Gasteiger partial charge in [-0.1, -0.05) is 44.2 Å². The van der Waals surface area contributed by atoms with Crippen molar-refractivity contribution in [1.82, 2.24) is 0 Å². The number of hydrogen-bond donors (Lipinski definition) is 1. The maximum atomic E-state index is 10.7. The molecule has 5 heteroatoms. The summed E-state index contributed by atoms with van der Waals surface area (Å²) in [5, 5.41) is 14.2. The van der Waals surface area contributed by atoms with Crippen LogP contribution < -0.4 is 5.32 Å². The van der Waals surface area contributed by atoms with E-state index < -0.39 is 4.92 Å². The lowest BCUT2D eigenvalue weighted by molar-refractivity contribution is -0.384. The van der Waals surface area contributed by atoms with Crippen LogP contribution in [0.25, 0.3) is 0 Å². The molecule has 0 aromatic heterocycles. The Balaban J connectivity index is 2.50. The van der Waals surface area contributed by atoms with Gasteiger partial charge in [0.05, 0.1) is 4.92 Å². The molecule has 19 heavy (non-hydrogen) atoms. The summed E-state index contributed by atoms with van der Waals surface area (Å²) in [5.41, 5.74) is 1.70. The van der Waals surface area contributed by atoms with Gasteiger partial charge in [-0.25, -0.2) is 0 Å². The maximum absolute atomic E-state index is 10.7. The molecule has 0 spiro atoms. The first kappa shape index (κ1) is 15.8. The number of hydrogen-bond acceptors (Lipinski definition) is 3. The second-order valence-electron chi connectivity index (χ2n) is 4.72. The lowest BCUT2D eigenvalue weighted by Gasteiger charge is -2.10. The third kappa shape index (κ3) is 5.07. The summed E-state index contributed by atoms with van der Waals surface area (Å²) in [4.78, 5) is 10.3. The molecule has 1 aromatic rings. The fourth-order valence-electron chi connectivity index (χ4n) is 1.95. The number of anilines is 1. The summed E-state index contributed by atoms with van der Waals surface area (Å²) >= 11 is 5.90. The molecule has 0 amide bonds. The number of nitrogens with one attached hydrogen (secondary N) is 1. The monoisotopic (exact) mass is 284 g/mol. The zero-order chi connectivity index (χ0) is 14.3. The average Bonchev–Trinajstić information content (AvgIpc) is 2.36. The van der Waals surface area contributed by atoms with Gasteiger partial charge < -0.3 is 5.32 Å². The SMILES string of the molecule is CCCCCCCNc1cc(Cl)c([N+](=O)[O-])cc1C. The fraction of sp³-hybridized carbons (Fsp3) is 0.571. The van der Waals surface area contributed by atoms with Crippen molar-refractivity contribution in [3.63, 3.8) is 0 Å². The van der Waals surface area contributed by atoms with E-state index in [2.05, 4.69) is 12.2 Å². The molecular weight excluding hydrogens is 264 g/mol. The van der Waals surface area contributed by atoms with Gasteiger partial charge in [-0.2, -0.15) is 0 Å². The van der Waals surface area contributed by atoms with E-state index in [-0.39, 0.29) is 10.7 Å². The van der Waals surface area contributed by atoms with Crippen molar-refractivity contribution in [1.29, 1.82) is 0 Å².